The SMILES string of the molecule is CC(C)n1nc(-c2ccncc2)c2c1CCC2. The molecule has 1 aliphatic rings. The molecule has 3 rings (SSSR count). The Balaban J connectivity index is 2.16. The summed E-state index contributed by atoms with van der Waals surface area (Å²) in [6.07, 6.45) is 7.28. The van der Waals surface area contributed by atoms with Crippen LogP contribution in [0.5, 0.6) is 0 Å². The monoisotopic (exact) mass is 227 g/mol. The van der Waals surface area contributed by atoms with Crippen molar-refractivity contribution >= 4 is 0 Å². The average molecular weight is 227 g/mol. The molecule has 3 nitrogen and oxygen atoms in total. The molecular weight excluding hydrogens is 210 g/mol. The van der Waals surface area contributed by atoms with E-state index in [4.69, 9.17) is 5.10 Å². The summed E-state index contributed by atoms with van der Waals surface area (Å²) in [5.74, 6) is 0. The first kappa shape index (κ1) is 10.5. The van der Waals surface area contributed by atoms with Crippen molar-refractivity contribution in [1.82, 2.24) is 14.8 Å². The van der Waals surface area contributed by atoms with E-state index in [-0.39, 0.29) is 0 Å². The molecule has 0 spiro atoms. The number of hydrogen-bond acceptors (Lipinski definition) is 2. The van der Waals surface area contributed by atoms with E-state index in [9.17, 15) is 0 Å². The van der Waals surface area contributed by atoms with E-state index in [1.807, 2.05) is 24.5 Å². The number of pyridine rings is 1. The third kappa shape index (κ3) is 1.66. The van der Waals surface area contributed by atoms with Gasteiger partial charge < -0.3 is 0 Å². The Morgan fingerprint density at radius 2 is 1.94 bits per heavy atom. The topological polar surface area (TPSA) is 30.7 Å². The van der Waals surface area contributed by atoms with E-state index in [1.165, 1.54) is 36.1 Å². The van der Waals surface area contributed by atoms with Crippen LogP contribution in [0.2, 0.25) is 0 Å². The lowest BCUT2D eigenvalue weighted by Gasteiger charge is -2.08. The maximum Gasteiger partial charge on any atom is 0.0959 e. The van der Waals surface area contributed by atoms with Crippen LogP contribution in [0.15, 0.2) is 24.5 Å². The highest BCUT2D eigenvalue weighted by molar-refractivity contribution is 5.64. The molecule has 2 aromatic heterocycles. The predicted molar refractivity (Wildman–Crippen MR) is 67.9 cm³/mol. The standard InChI is InChI=1S/C14H17N3/c1-10(2)17-13-5-3-4-12(13)14(16-17)11-6-8-15-9-7-11/h6-10H,3-5H2,1-2H3. The molecule has 0 radical (unpaired) electrons. The maximum absolute atomic E-state index is 4.79. The number of hydrogen-bond donors (Lipinski definition) is 0. The summed E-state index contributed by atoms with van der Waals surface area (Å²) < 4.78 is 2.19. The van der Waals surface area contributed by atoms with Crippen molar-refractivity contribution in [2.45, 2.75) is 39.2 Å². The smallest absolute Gasteiger partial charge is 0.0959 e. The highest BCUT2D eigenvalue weighted by atomic mass is 15.3. The number of nitrogens with zero attached hydrogens (tertiary/aromatic N) is 3. The van der Waals surface area contributed by atoms with Gasteiger partial charge in [-0.15, -0.1) is 0 Å². The molecule has 0 fully saturated rings. The molecule has 3 heteroatoms. The van der Waals surface area contributed by atoms with Crippen molar-refractivity contribution in [3.05, 3.63) is 35.8 Å². The second-order valence-corrected chi connectivity index (χ2v) is 4.90. The largest absolute Gasteiger partial charge is 0.266 e. The van der Waals surface area contributed by atoms with Crippen LogP contribution in [0.4, 0.5) is 0 Å². The van der Waals surface area contributed by atoms with Crippen LogP contribution >= 0.6 is 0 Å². The second kappa shape index (κ2) is 3.99. The molecule has 2 heterocycles. The van der Waals surface area contributed by atoms with E-state index in [0.717, 1.165) is 5.69 Å². The van der Waals surface area contributed by atoms with Gasteiger partial charge in [-0.1, -0.05) is 0 Å². The molecule has 0 saturated carbocycles. The van der Waals surface area contributed by atoms with Gasteiger partial charge in [0.25, 0.3) is 0 Å². The van der Waals surface area contributed by atoms with Gasteiger partial charge in [0.2, 0.25) is 0 Å². The fraction of sp³-hybridized carbons (Fsp3) is 0.429. The summed E-state index contributed by atoms with van der Waals surface area (Å²) in [4.78, 5) is 4.07. The van der Waals surface area contributed by atoms with Gasteiger partial charge in [0.05, 0.1) is 5.69 Å². The van der Waals surface area contributed by atoms with Crippen LogP contribution in [0.25, 0.3) is 11.3 Å². The van der Waals surface area contributed by atoms with Crippen LogP contribution in [0.1, 0.15) is 37.6 Å². The third-order valence-corrected chi connectivity index (χ3v) is 3.40. The Labute approximate surface area is 101 Å². The van der Waals surface area contributed by atoms with E-state index in [2.05, 4.69) is 23.5 Å². The molecule has 0 bridgehead atoms. The van der Waals surface area contributed by atoms with E-state index >= 15 is 0 Å². The average Bonchev–Trinajstić information content (AvgIpc) is 2.90. The molecule has 0 N–H and O–H groups in total. The number of rotatable bonds is 2. The molecular formula is C14H17N3. The first-order chi connectivity index (χ1) is 8.27. The van der Waals surface area contributed by atoms with Crippen LogP contribution in [0.3, 0.4) is 0 Å². The highest BCUT2D eigenvalue weighted by Gasteiger charge is 2.23. The Hall–Kier alpha value is -1.64. The zero-order valence-corrected chi connectivity index (χ0v) is 10.3. The summed E-state index contributed by atoms with van der Waals surface area (Å²) in [6, 6.07) is 4.54. The predicted octanol–water partition coefficient (Wildman–Crippen LogP) is 3.01. The first-order valence-electron chi connectivity index (χ1n) is 6.28. The molecule has 88 valence electrons. The summed E-state index contributed by atoms with van der Waals surface area (Å²) in [5, 5.41) is 4.79. The van der Waals surface area contributed by atoms with Gasteiger partial charge >= 0.3 is 0 Å². The highest BCUT2D eigenvalue weighted by Crippen LogP contribution is 2.33. The zero-order chi connectivity index (χ0) is 11.8. The van der Waals surface area contributed by atoms with Gasteiger partial charge in [-0.05, 0) is 45.2 Å². The van der Waals surface area contributed by atoms with Gasteiger partial charge in [-0.2, -0.15) is 5.10 Å². The minimum atomic E-state index is 0.442. The molecule has 0 atom stereocenters. The lowest BCUT2D eigenvalue weighted by Crippen LogP contribution is -2.06. The van der Waals surface area contributed by atoms with Crippen molar-refractivity contribution in [1.29, 1.82) is 0 Å². The lowest BCUT2D eigenvalue weighted by molar-refractivity contribution is 0.512. The summed E-state index contributed by atoms with van der Waals surface area (Å²) >= 11 is 0. The van der Waals surface area contributed by atoms with Crippen LogP contribution < -0.4 is 0 Å². The fourth-order valence-corrected chi connectivity index (χ4v) is 2.63. The minimum Gasteiger partial charge on any atom is -0.266 e. The van der Waals surface area contributed by atoms with Crippen LogP contribution in [-0.4, -0.2) is 14.8 Å². The molecule has 0 aliphatic heterocycles. The van der Waals surface area contributed by atoms with E-state index in [1.54, 1.807) is 0 Å². The van der Waals surface area contributed by atoms with Gasteiger partial charge in [-0.25, -0.2) is 0 Å². The maximum atomic E-state index is 4.79. The molecule has 2 aromatic rings. The van der Waals surface area contributed by atoms with Crippen molar-refractivity contribution in [2.24, 2.45) is 0 Å². The zero-order valence-electron chi connectivity index (χ0n) is 10.3. The van der Waals surface area contributed by atoms with Crippen molar-refractivity contribution in [3.8, 4) is 11.3 Å². The quantitative estimate of drug-likeness (QED) is 0.789. The number of aromatic nitrogens is 3. The number of fused-ring (bicyclic) bond motifs is 1. The summed E-state index contributed by atoms with van der Waals surface area (Å²) in [6.45, 7) is 4.39. The molecule has 1 aliphatic carbocycles. The van der Waals surface area contributed by atoms with Crippen LogP contribution in [-0.2, 0) is 12.8 Å². The van der Waals surface area contributed by atoms with Crippen LogP contribution in [0, 0.1) is 0 Å². The molecule has 0 aromatic carbocycles. The molecule has 17 heavy (non-hydrogen) atoms. The minimum absolute atomic E-state index is 0.442. The van der Waals surface area contributed by atoms with Crippen molar-refractivity contribution in [3.63, 3.8) is 0 Å². The molecule has 0 amide bonds. The fourth-order valence-electron chi connectivity index (χ4n) is 2.63. The van der Waals surface area contributed by atoms with Crippen molar-refractivity contribution in [2.75, 3.05) is 0 Å². The molecule has 0 saturated heterocycles. The van der Waals surface area contributed by atoms with Gasteiger partial charge in [0.15, 0.2) is 0 Å². The Morgan fingerprint density at radius 3 is 2.65 bits per heavy atom. The lowest BCUT2D eigenvalue weighted by atomic mass is 10.1. The summed E-state index contributed by atoms with van der Waals surface area (Å²) in [5.41, 5.74) is 5.24. The normalized spacial score (nSPS) is 14.3. The van der Waals surface area contributed by atoms with Gasteiger partial charge in [0, 0.05) is 35.3 Å². The molecule has 0 unspecified atom stereocenters. The van der Waals surface area contributed by atoms with Gasteiger partial charge in [0.1, 0.15) is 0 Å². The third-order valence-electron chi connectivity index (χ3n) is 3.40. The first-order valence-corrected chi connectivity index (χ1v) is 6.28. The Bertz CT molecular complexity index is 526. The van der Waals surface area contributed by atoms with Gasteiger partial charge in [-0.3, -0.25) is 9.67 Å². The Kier molecular flexibility index (Phi) is 2.46. The van der Waals surface area contributed by atoms with E-state index < -0.39 is 0 Å². The second-order valence-electron chi connectivity index (χ2n) is 4.90. The van der Waals surface area contributed by atoms with Crippen molar-refractivity contribution < 1.29 is 0 Å². The Morgan fingerprint density at radius 1 is 1.18 bits per heavy atom. The van der Waals surface area contributed by atoms with E-state index in [0.29, 0.717) is 6.04 Å². The summed E-state index contributed by atoms with van der Waals surface area (Å²) in [7, 11) is 0.